The van der Waals surface area contributed by atoms with Gasteiger partial charge in [-0.25, -0.2) is 0 Å². The molecule has 5 rings (SSSR count). The van der Waals surface area contributed by atoms with Gasteiger partial charge in [-0.2, -0.15) is 0 Å². The van der Waals surface area contributed by atoms with Crippen LogP contribution in [0.2, 0.25) is 0 Å². The maximum atomic E-state index is 10.8. The Labute approximate surface area is 245 Å². The van der Waals surface area contributed by atoms with Gasteiger partial charge in [0.15, 0.2) is 23.0 Å². The van der Waals surface area contributed by atoms with E-state index in [-0.39, 0.29) is 11.5 Å². The zero-order valence-electron chi connectivity index (χ0n) is 24.0. The highest BCUT2D eigenvalue weighted by atomic mass is 16.5. The third-order valence-corrected chi connectivity index (χ3v) is 6.99. The largest absolute Gasteiger partial charge is 0.504 e. The van der Waals surface area contributed by atoms with E-state index in [1.807, 2.05) is 98.8 Å². The van der Waals surface area contributed by atoms with Gasteiger partial charge in [0.05, 0.1) is 25.6 Å². The molecule has 6 nitrogen and oxygen atoms in total. The van der Waals surface area contributed by atoms with Gasteiger partial charge in [-0.15, -0.1) is 0 Å². The first-order valence-electron chi connectivity index (χ1n) is 13.5. The second kappa shape index (κ2) is 12.4. The van der Waals surface area contributed by atoms with Gasteiger partial charge in [0, 0.05) is 23.6 Å². The van der Waals surface area contributed by atoms with E-state index in [0.29, 0.717) is 34.0 Å². The standard InChI is InChI=1S/C36H32N2O4/c1-23-9-13-25(14-10-23)27-17-29(35(39)33(19-27)41-3)21-37-31-7-5-6-8-32(31)38-22-30-18-28(20-34(42-4)36(30)40)26-15-11-24(2)12-16-26/h5-22,39-40H,1-4H3. The van der Waals surface area contributed by atoms with Gasteiger partial charge in [0.25, 0.3) is 0 Å². The van der Waals surface area contributed by atoms with Crippen molar-refractivity contribution in [2.45, 2.75) is 13.8 Å². The topological polar surface area (TPSA) is 83.6 Å². The minimum atomic E-state index is 0.00281. The van der Waals surface area contributed by atoms with Crippen molar-refractivity contribution in [1.82, 2.24) is 0 Å². The molecule has 0 saturated carbocycles. The minimum absolute atomic E-state index is 0.00281. The van der Waals surface area contributed by atoms with E-state index in [1.54, 1.807) is 24.6 Å². The smallest absolute Gasteiger partial charge is 0.166 e. The van der Waals surface area contributed by atoms with Crippen LogP contribution in [0.1, 0.15) is 22.3 Å². The molecule has 210 valence electrons. The number of hydrogen-bond acceptors (Lipinski definition) is 6. The Hall–Kier alpha value is -5.36. The van der Waals surface area contributed by atoms with Crippen molar-refractivity contribution in [3.8, 4) is 45.3 Å². The Morgan fingerprint density at radius 3 is 1.26 bits per heavy atom. The summed E-state index contributed by atoms with van der Waals surface area (Å²) in [6.07, 6.45) is 3.20. The van der Waals surface area contributed by atoms with Crippen LogP contribution in [-0.4, -0.2) is 36.9 Å². The number of rotatable bonds is 8. The fourth-order valence-corrected chi connectivity index (χ4v) is 4.55. The summed E-state index contributed by atoms with van der Waals surface area (Å²) in [7, 11) is 3.05. The average molecular weight is 557 g/mol. The first kappa shape index (κ1) is 28.2. The molecule has 0 bridgehead atoms. The third-order valence-electron chi connectivity index (χ3n) is 6.99. The molecule has 0 amide bonds. The summed E-state index contributed by atoms with van der Waals surface area (Å²) in [5.41, 5.74) is 8.33. The van der Waals surface area contributed by atoms with Gasteiger partial charge in [-0.05, 0) is 72.5 Å². The Morgan fingerprint density at radius 2 is 0.905 bits per heavy atom. The summed E-state index contributed by atoms with van der Waals surface area (Å²) >= 11 is 0. The monoisotopic (exact) mass is 556 g/mol. The lowest BCUT2D eigenvalue weighted by molar-refractivity contribution is 0.373. The highest BCUT2D eigenvalue weighted by molar-refractivity contribution is 5.93. The summed E-state index contributed by atoms with van der Waals surface area (Å²) in [5.74, 6) is 0.725. The van der Waals surface area contributed by atoms with Crippen LogP contribution in [0.3, 0.4) is 0 Å². The molecule has 0 radical (unpaired) electrons. The Bertz CT molecular complexity index is 1640. The molecule has 0 unspecified atom stereocenters. The molecular formula is C36H32N2O4. The molecule has 42 heavy (non-hydrogen) atoms. The highest BCUT2D eigenvalue weighted by Gasteiger charge is 2.13. The van der Waals surface area contributed by atoms with Crippen molar-refractivity contribution < 1.29 is 19.7 Å². The van der Waals surface area contributed by atoms with Crippen LogP contribution in [0.4, 0.5) is 11.4 Å². The van der Waals surface area contributed by atoms with E-state index in [4.69, 9.17) is 9.47 Å². The van der Waals surface area contributed by atoms with E-state index < -0.39 is 0 Å². The number of ether oxygens (including phenoxy) is 2. The van der Waals surface area contributed by atoms with E-state index >= 15 is 0 Å². The van der Waals surface area contributed by atoms with Crippen LogP contribution in [0.5, 0.6) is 23.0 Å². The van der Waals surface area contributed by atoms with Crippen LogP contribution < -0.4 is 9.47 Å². The Morgan fingerprint density at radius 1 is 0.524 bits per heavy atom. The van der Waals surface area contributed by atoms with Crippen LogP contribution >= 0.6 is 0 Å². The van der Waals surface area contributed by atoms with E-state index in [1.165, 1.54) is 14.2 Å². The van der Waals surface area contributed by atoms with E-state index in [2.05, 4.69) is 9.98 Å². The van der Waals surface area contributed by atoms with Crippen LogP contribution in [0, 0.1) is 13.8 Å². The lowest BCUT2D eigenvalue weighted by Crippen LogP contribution is -1.92. The fraction of sp³-hybridized carbons (Fsp3) is 0.111. The number of methoxy groups -OCH3 is 2. The van der Waals surface area contributed by atoms with Crippen LogP contribution in [-0.2, 0) is 0 Å². The first-order chi connectivity index (χ1) is 20.4. The summed E-state index contributed by atoms with van der Waals surface area (Å²) in [6, 6.07) is 31.1. The predicted octanol–water partition coefficient (Wildman–Crippen LogP) is 8.57. The van der Waals surface area contributed by atoms with Crippen LogP contribution in [0.15, 0.2) is 107 Å². The second-order valence-corrected chi connectivity index (χ2v) is 9.97. The summed E-state index contributed by atoms with van der Waals surface area (Å²) < 4.78 is 10.9. The van der Waals surface area contributed by atoms with Crippen molar-refractivity contribution in [3.63, 3.8) is 0 Å². The maximum absolute atomic E-state index is 10.8. The number of phenols is 2. The molecule has 0 spiro atoms. The molecule has 0 aliphatic carbocycles. The van der Waals surface area contributed by atoms with Crippen molar-refractivity contribution >= 4 is 23.8 Å². The van der Waals surface area contributed by atoms with Crippen molar-refractivity contribution in [3.05, 3.63) is 119 Å². The fourth-order valence-electron chi connectivity index (χ4n) is 4.55. The summed E-state index contributed by atoms with van der Waals surface area (Å²) in [6.45, 7) is 4.08. The second-order valence-electron chi connectivity index (χ2n) is 9.97. The van der Waals surface area contributed by atoms with Crippen molar-refractivity contribution in [2.24, 2.45) is 9.98 Å². The molecule has 2 N–H and O–H groups in total. The van der Waals surface area contributed by atoms with Gasteiger partial charge in [0.1, 0.15) is 0 Å². The minimum Gasteiger partial charge on any atom is -0.504 e. The molecular weight excluding hydrogens is 524 g/mol. The van der Waals surface area contributed by atoms with Crippen molar-refractivity contribution in [2.75, 3.05) is 14.2 Å². The number of nitrogens with zero attached hydrogens (tertiary/aromatic N) is 2. The average Bonchev–Trinajstić information content (AvgIpc) is 3.01. The molecule has 0 aliphatic heterocycles. The lowest BCUT2D eigenvalue weighted by Gasteiger charge is -2.11. The number of aliphatic imine (C=N–C) groups is 2. The molecule has 5 aromatic carbocycles. The van der Waals surface area contributed by atoms with Crippen molar-refractivity contribution in [1.29, 1.82) is 0 Å². The van der Waals surface area contributed by atoms with Gasteiger partial charge >= 0.3 is 0 Å². The first-order valence-corrected chi connectivity index (χ1v) is 13.5. The zero-order valence-corrected chi connectivity index (χ0v) is 24.0. The van der Waals surface area contributed by atoms with Gasteiger partial charge in [0.2, 0.25) is 0 Å². The number of benzene rings is 5. The third kappa shape index (κ3) is 6.18. The molecule has 6 heteroatoms. The molecule has 0 saturated heterocycles. The number of hydrogen-bond donors (Lipinski definition) is 2. The molecule has 0 aliphatic rings. The molecule has 0 heterocycles. The van der Waals surface area contributed by atoms with E-state index in [0.717, 1.165) is 33.4 Å². The normalized spacial score (nSPS) is 11.3. The lowest BCUT2D eigenvalue weighted by atomic mass is 10.0. The molecule has 0 fully saturated rings. The van der Waals surface area contributed by atoms with Gasteiger partial charge < -0.3 is 19.7 Å². The summed E-state index contributed by atoms with van der Waals surface area (Å²) in [4.78, 5) is 9.32. The maximum Gasteiger partial charge on any atom is 0.166 e. The predicted molar refractivity (Wildman–Crippen MR) is 171 cm³/mol. The molecule has 0 aromatic heterocycles. The van der Waals surface area contributed by atoms with E-state index in [9.17, 15) is 10.2 Å². The number of para-hydroxylation sites is 2. The highest BCUT2D eigenvalue weighted by Crippen LogP contribution is 2.37. The number of aromatic hydroxyl groups is 2. The summed E-state index contributed by atoms with van der Waals surface area (Å²) in [5, 5.41) is 21.7. The number of aryl methyl sites for hydroxylation is 2. The van der Waals surface area contributed by atoms with Gasteiger partial charge in [-0.1, -0.05) is 71.8 Å². The zero-order chi connectivity index (χ0) is 29.6. The molecule has 5 aromatic rings. The Balaban J connectivity index is 1.49. The SMILES string of the molecule is COc1cc(-c2ccc(C)cc2)cc(C=Nc2ccccc2N=Cc2cc(-c3ccc(C)cc3)cc(OC)c2O)c1O. The van der Waals surface area contributed by atoms with Crippen LogP contribution in [0.25, 0.3) is 22.3 Å². The Kier molecular flexibility index (Phi) is 8.34. The van der Waals surface area contributed by atoms with Gasteiger partial charge in [-0.3, -0.25) is 9.98 Å². The molecule has 0 atom stereocenters. The number of phenolic OH excluding ortho intramolecular Hbond substituents is 2. The quantitative estimate of drug-likeness (QED) is 0.188.